The second-order valence-electron chi connectivity index (χ2n) is 8.62. The molecule has 0 unspecified atom stereocenters. The van der Waals surface area contributed by atoms with Crippen molar-refractivity contribution >= 4 is 22.4 Å². The van der Waals surface area contributed by atoms with Crippen molar-refractivity contribution in [3.05, 3.63) is 71.9 Å². The molecule has 0 aliphatic carbocycles. The minimum absolute atomic E-state index is 0. The molecule has 184 valence electrons. The van der Waals surface area contributed by atoms with Crippen molar-refractivity contribution in [1.29, 1.82) is 0 Å². The van der Waals surface area contributed by atoms with Gasteiger partial charge in [-0.15, -0.1) is 0 Å². The third kappa shape index (κ3) is 4.09. The molecule has 2 aliphatic rings. The normalized spacial score (nSPS) is 12.8. The number of pyridine rings is 1. The molecule has 36 heavy (non-hydrogen) atoms. The fourth-order valence-electron chi connectivity index (χ4n) is 5.08. The third-order valence-corrected chi connectivity index (χ3v) is 6.64. The van der Waals surface area contributed by atoms with Crippen molar-refractivity contribution in [3.63, 3.8) is 0 Å². The molecule has 0 radical (unpaired) electrons. The average Bonchev–Trinajstić information content (AvgIpc) is 3.34. The maximum Gasteiger partial charge on any atom is 0.231 e. The number of ether oxygens (including phenoxy) is 4. The highest BCUT2D eigenvalue weighted by Crippen LogP contribution is 2.43. The molecular weight excluding hydrogens is 571 g/mol. The number of nitrogens with one attached hydrogen (secondary N) is 1. The predicted molar refractivity (Wildman–Crippen MR) is 131 cm³/mol. The van der Waals surface area contributed by atoms with E-state index >= 15 is 0 Å². The number of hydrogen-bond acceptors (Lipinski definition) is 5. The van der Waals surface area contributed by atoms with Crippen LogP contribution in [-0.2, 0) is 24.2 Å². The molecule has 4 aromatic rings. The molecule has 0 bridgehead atoms. The third-order valence-electron chi connectivity index (χ3n) is 6.64. The van der Waals surface area contributed by atoms with Crippen molar-refractivity contribution in [2.24, 2.45) is 0 Å². The van der Waals surface area contributed by atoms with Crippen molar-refractivity contribution in [2.45, 2.75) is 19.4 Å². The molecular formula is C28H25IN2O5. The van der Waals surface area contributed by atoms with Crippen molar-refractivity contribution in [2.75, 3.05) is 26.3 Å². The van der Waals surface area contributed by atoms with Crippen LogP contribution >= 0.6 is 0 Å². The Bertz CT molecular complexity index is 1470. The van der Waals surface area contributed by atoms with Gasteiger partial charge in [-0.2, -0.15) is 4.57 Å². The Labute approximate surface area is 226 Å². The first-order valence-electron chi connectivity index (χ1n) is 11.5. The lowest BCUT2D eigenvalue weighted by Gasteiger charge is -2.21. The average molecular weight is 596 g/mol. The molecule has 1 amide bonds. The molecule has 0 saturated heterocycles. The molecule has 3 aromatic carbocycles. The van der Waals surface area contributed by atoms with Crippen molar-refractivity contribution in [1.82, 2.24) is 0 Å². The van der Waals surface area contributed by atoms with Crippen LogP contribution in [0.5, 0.6) is 23.0 Å². The molecule has 0 fully saturated rings. The minimum Gasteiger partial charge on any atom is -1.00 e. The molecule has 8 heteroatoms. The summed E-state index contributed by atoms with van der Waals surface area (Å²) in [4.78, 5) is 13.3. The molecule has 3 heterocycles. The van der Waals surface area contributed by atoms with Gasteiger partial charge in [0.1, 0.15) is 0 Å². The van der Waals surface area contributed by atoms with Crippen LogP contribution in [0.1, 0.15) is 11.1 Å². The summed E-state index contributed by atoms with van der Waals surface area (Å²) in [5.74, 6) is 2.72. The lowest BCUT2D eigenvalue weighted by molar-refractivity contribution is -0.686. The number of para-hydroxylation sites is 1. The van der Waals surface area contributed by atoms with Crippen LogP contribution in [0.15, 0.2) is 60.8 Å². The fraction of sp³-hybridized carbons (Fsp3) is 0.214. The monoisotopic (exact) mass is 596 g/mol. The molecule has 0 spiro atoms. The number of benzene rings is 3. The zero-order valence-electron chi connectivity index (χ0n) is 20.0. The summed E-state index contributed by atoms with van der Waals surface area (Å²) in [6, 6.07) is 17.5. The van der Waals surface area contributed by atoms with Crippen molar-refractivity contribution < 1.29 is 52.3 Å². The second kappa shape index (κ2) is 9.85. The van der Waals surface area contributed by atoms with Gasteiger partial charge < -0.3 is 48.2 Å². The van der Waals surface area contributed by atoms with Gasteiger partial charge >= 0.3 is 0 Å². The summed E-state index contributed by atoms with van der Waals surface area (Å²) < 4.78 is 24.8. The number of carbonyl (C=O) groups is 1. The fourth-order valence-corrected chi connectivity index (χ4v) is 5.08. The van der Waals surface area contributed by atoms with Crippen molar-refractivity contribution in [3.8, 4) is 34.3 Å². The summed E-state index contributed by atoms with van der Waals surface area (Å²) in [5, 5.41) is 4.88. The maximum absolute atomic E-state index is 13.3. The smallest absolute Gasteiger partial charge is 0.231 e. The van der Waals surface area contributed by atoms with E-state index in [0.717, 1.165) is 57.7 Å². The molecule has 6 rings (SSSR count). The van der Waals surface area contributed by atoms with Gasteiger partial charge in [-0.1, -0.05) is 18.2 Å². The summed E-state index contributed by atoms with van der Waals surface area (Å²) >= 11 is 0. The van der Waals surface area contributed by atoms with Gasteiger partial charge in [0.2, 0.25) is 18.4 Å². The van der Waals surface area contributed by atoms with E-state index in [2.05, 4.69) is 22.1 Å². The number of halogens is 1. The van der Waals surface area contributed by atoms with E-state index in [0.29, 0.717) is 11.5 Å². The Kier molecular flexibility index (Phi) is 6.61. The SMILES string of the molecule is COc1ccc2c(CC(=O)Nc3ccccc3)c3[n+](cc2c1OC)CCc1cc2c(cc1-3)OCO2.[I-]. The first-order chi connectivity index (χ1) is 17.2. The lowest BCUT2D eigenvalue weighted by atomic mass is 9.89. The highest BCUT2D eigenvalue weighted by Gasteiger charge is 2.33. The molecule has 0 atom stereocenters. The quantitative estimate of drug-likeness (QED) is 0.278. The van der Waals surface area contributed by atoms with Gasteiger partial charge in [-0.3, -0.25) is 4.79 Å². The number of fused-ring (bicyclic) bond motifs is 5. The molecule has 0 saturated carbocycles. The van der Waals surface area contributed by atoms with E-state index in [9.17, 15) is 4.79 Å². The topological polar surface area (TPSA) is 69.9 Å². The van der Waals surface area contributed by atoms with E-state index in [-0.39, 0.29) is 43.1 Å². The molecule has 1 aromatic heterocycles. The van der Waals surface area contributed by atoms with Gasteiger partial charge in [0.05, 0.1) is 31.6 Å². The molecule has 7 nitrogen and oxygen atoms in total. The van der Waals surface area contributed by atoms with Crippen LogP contribution < -0.4 is 52.8 Å². The molecule has 1 N–H and O–H groups in total. The number of rotatable bonds is 5. The van der Waals surface area contributed by atoms with Crippen LogP contribution in [0.4, 0.5) is 5.69 Å². The number of amides is 1. The number of methoxy groups -OCH3 is 2. The number of nitrogens with zero attached hydrogens (tertiary/aromatic N) is 1. The van der Waals surface area contributed by atoms with Crippen LogP contribution in [0.2, 0.25) is 0 Å². The van der Waals surface area contributed by atoms with E-state index in [4.69, 9.17) is 18.9 Å². The second-order valence-corrected chi connectivity index (χ2v) is 8.62. The van der Waals surface area contributed by atoms with Gasteiger partial charge in [-0.25, -0.2) is 0 Å². The van der Waals surface area contributed by atoms with Gasteiger partial charge in [-0.05, 0) is 42.0 Å². The standard InChI is InChI=1S/C28H24N2O5.HI/c1-32-23-9-8-19-21(14-26(31)29-18-6-4-3-5-7-18)27-20-13-25-24(34-16-35-25)12-17(20)10-11-30(27)15-22(19)28(23)33-2;/h3-9,12-13,15H,10-11,14,16H2,1-2H3;1H. The first-order valence-corrected chi connectivity index (χ1v) is 11.5. The van der Waals surface area contributed by atoms with Crippen LogP contribution in [0.25, 0.3) is 22.0 Å². The Morgan fingerprint density at radius 2 is 1.78 bits per heavy atom. The summed E-state index contributed by atoms with van der Waals surface area (Å²) in [6.45, 7) is 0.991. The van der Waals surface area contributed by atoms with Gasteiger partial charge in [0, 0.05) is 23.1 Å². The predicted octanol–water partition coefficient (Wildman–Crippen LogP) is 1.28. The van der Waals surface area contributed by atoms with E-state index in [1.165, 1.54) is 5.56 Å². The Hall–Kier alpha value is -3.53. The molecule has 2 aliphatic heterocycles. The Morgan fingerprint density at radius 3 is 2.53 bits per heavy atom. The van der Waals surface area contributed by atoms with E-state index in [1.54, 1.807) is 14.2 Å². The number of aryl methyl sites for hydroxylation is 2. The lowest BCUT2D eigenvalue weighted by Crippen LogP contribution is -3.00. The first kappa shape index (κ1) is 24.2. The van der Waals surface area contributed by atoms with E-state index < -0.39 is 0 Å². The summed E-state index contributed by atoms with van der Waals surface area (Å²) in [7, 11) is 3.27. The highest BCUT2D eigenvalue weighted by molar-refractivity contribution is 6.00. The van der Waals surface area contributed by atoms with E-state index in [1.807, 2.05) is 48.5 Å². The maximum atomic E-state index is 13.3. The minimum atomic E-state index is -0.0887. The largest absolute Gasteiger partial charge is 1.00 e. The van der Waals surface area contributed by atoms with Crippen LogP contribution in [0, 0.1) is 0 Å². The number of anilines is 1. The van der Waals surface area contributed by atoms with Gasteiger partial charge in [0.25, 0.3) is 0 Å². The van der Waals surface area contributed by atoms with Gasteiger partial charge in [0.15, 0.2) is 35.7 Å². The highest BCUT2D eigenvalue weighted by atomic mass is 127. The Balaban J connectivity index is 0.00000267. The number of aromatic nitrogens is 1. The zero-order valence-corrected chi connectivity index (χ0v) is 22.1. The zero-order chi connectivity index (χ0) is 23.9. The number of hydrogen-bond donors (Lipinski definition) is 1. The summed E-state index contributed by atoms with van der Waals surface area (Å²) in [6.07, 6.45) is 3.14. The Morgan fingerprint density at radius 1 is 1.00 bits per heavy atom. The summed E-state index contributed by atoms with van der Waals surface area (Å²) in [5.41, 5.74) is 4.94. The number of carbonyl (C=O) groups excluding carboxylic acids is 1. The van der Waals surface area contributed by atoms with Crippen LogP contribution in [-0.4, -0.2) is 26.9 Å². The van der Waals surface area contributed by atoms with Crippen LogP contribution in [0.3, 0.4) is 0 Å².